The zero-order valence-electron chi connectivity index (χ0n) is 12.5. The van der Waals surface area contributed by atoms with Crippen LogP contribution in [0.4, 0.5) is 5.82 Å². The quantitative estimate of drug-likeness (QED) is 0.899. The van der Waals surface area contributed by atoms with Crippen LogP contribution in [-0.2, 0) is 0 Å². The summed E-state index contributed by atoms with van der Waals surface area (Å²) in [7, 11) is 2.01. The van der Waals surface area contributed by atoms with E-state index in [4.69, 9.17) is 0 Å². The first-order chi connectivity index (χ1) is 9.26. The van der Waals surface area contributed by atoms with Crippen LogP contribution in [-0.4, -0.2) is 24.6 Å². The third-order valence-corrected chi connectivity index (χ3v) is 4.35. The average Bonchev–Trinajstić information content (AvgIpc) is 2.71. The number of aromatic nitrogens is 1. The van der Waals surface area contributed by atoms with Gasteiger partial charge in [0.15, 0.2) is 0 Å². The van der Waals surface area contributed by atoms with Gasteiger partial charge in [0.05, 0.1) is 0 Å². The Hall–Kier alpha value is -1.09. The van der Waals surface area contributed by atoms with Crippen LogP contribution in [0.2, 0.25) is 0 Å². The van der Waals surface area contributed by atoms with Crippen molar-refractivity contribution in [2.24, 2.45) is 0 Å². The predicted molar refractivity (Wildman–Crippen MR) is 81.6 cm³/mol. The molecule has 0 aliphatic carbocycles. The summed E-state index contributed by atoms with van der Waals surface area (Å²) >= 11 is 0. The summed E-state index contributed by atoms with van der Waals surface area (Å²) in [5.41, 5.74) is 1.33. The van der Waals surface area contributed by atoms with Crippen molar-refractivity contribution in [3.63, 3.8) is 0 Å². The Balaban J connectivity index is 2.23. The minimum atomic E-state index is 0.383. The van der Waals surface area contributed by atoms with E-state index < -0.39 is 0 Å². The number of anilines is 1. The zero-order valence-corrected chi connectivity index (χ0v) is 12.5. The lowest BCUT2D eigenvalue weighted by molar-refractivity contribution is 0.551. The molecule has 1 aromatic heterocycles. The summed E-state index contributed by atoms with van der Waals surface area (Å²) in [6.45, 7) is 5.64. The molecule has 3 nitrogen and oxygen atoms in total. The first kappa shape index (κ1) is 14.3. The first-order valence-corrected chi connectivity index (χ1v) is 7.66. The van der Waals surface area contributed by atoms with Crippen LogP contribution in [0.3, 0.4) is 0 Å². The highest BCUT2D eigenvalue weighted by Gasteiger charge is 2.21. The molecule has 0 bridgehead atoms. The van der Waals surface area contributed by atoms with Crippen molar-refractivity contribution in [1.82, 2.24) is 10.3 Å². The van der Waals surface area contributed by atoms with Crippen molar-refractivity contribution in [2.45, 2.75) is 58.0 Å². The SMILES string of the molecule is CCC1CCCCCN1c1cc(C(C)NC)ccn1. The highest BCUT2D eigenvalue weighted by molar-refractivity contribution is 5.43. The van der Waals surface area contributed by atoms with Crippen LogP contribution in [0, 0.1) is 0 Å². The molecule has 1 aliphatic rings. The summed E-state index contributed by atoms with van der Waals surface area (Å²) in [6, 6.07) is 5.42. The number of hydrogen-bond donors (Lipinski definition) is 1. The van der Waals surface area contributed by atoms with Crippen molar-refractivity contribution < 1.29 is 0 Å². The molecule has 2 rings (SSSR count). The maximum Gasteiger partial charge on any atom is 0.129 e. The maximum atomic E-state index is 4.62. The van der Waals surface area contributed by atoms with E-state index in [1.165, 1.54) is 37.7 Å². The van der Waals surface area contributed by atoms with Gasteiger partial charge in [-0.15, -0.1) is 0 Å². The van der Waals surface area contributed by atoms with E-state index in [1.807, 2.05) is 13.2 Å². The lowest BCUT2D eigenvalue weighted by Crippen LogP contribution is -2.35. The van der Waals surface area contributed by atoms with Crippen molar-refractivity contribution >= 4 is 5.82 Å². The normalized spacial score (nSPS) is 22.1. The van der Waals surface area contributed by atoms with Gasteiger partial charge in [0.25, 0.3) is 0 Å². The molecule has 1 aromatic rings. The van der Waals surface area contributed by atoms with Crippen LogP contribution in [0.1, 0.15) is 57.6 Å². The first-order valence-electron chi connectivity index (χ1n) is 7.66. The van der Waals surface area contributed by atoms with Gasteiger partial charge in [-0.1, -0.05) is 19.8 Å². The molecule has 2 atom stereocenters. The maximum absolute atomic E-state index is 4.62. The molecule has 1 saturated heterocycles. The second kappa shape index (κ2) is 6.90. The minimum Gasteiger partial charge on any atom is -0.354 e. The van der Waals surface area contributed by atoms with Gasteiger partial charge in [0.2, 0.25) is 0 Å². The molecule has 1 N–H and O–H groups in total. The summed E-state index contributed by atoms with van der Waals surface area (Å²) in [4.78, 5) is 7.14. The Morgan fingerprint density at radius 1 is 1.42 bits per heavy atom. The van der Waals surface area contributed by atoms with E-state index in [0.29, 0.717) is 12.1 Å². The number of nitrogens with one attached hydrogen (secondary N) is 1. The Morgan fingerprint density at radius 2 is 2.26 bits per heavy atom. The number of nitrogens with zero attached hydrogens (tertiary/aromatic N) is 2. The smallest absolute Gasteiger partial charge is 0.129 e. The number of pyridine rings is 1. The molecule has 0 amide bonds. The zero-order chi connectivity index (χ0) is 13.7. The van der Waals surface area contributed by atoms with Crippen molar-refractivity contribution in [1.29, 1.82) is 0 Å². The van der Waals surface area contributed by atoms with E-state index >= 15 is 0 Å². The van der Waals surface area contributed by atoms with Gasteiger partial charge < -0.3 is 10.2 Å². The topological polar surface area (TPSA) is 28.2 Å². The minimum absolute atomic E-state index is 0.383. The van der Waals surface area contributed by atoms with E-state index in [0.717, 1.165) is 12.4 Å². The third-order valence-electron chi connectivity index (χ3n) is 4.35. The van der Waals surface area contributed by atoms with Crippen LogP contribution in [0.25, 0.3) is 0 Å². The lowest BCUT2D eigenvalue weighted by Gasteiger charge is -2.31. The lowest BCUT2D eigenvalue weighted by atomic mass is 10.1. The highest BCUT2D eigenvalue weighted by Crippen LogP contribution is 2.26. The van der Waals surface area contributed by atoms with Crippen LogP contribution < -0.4 is 10.2 Å². The summed E-state index contributed by atoms with van der Waals surface area (Å²) in [5, 5.41) is 3.30. The summed E-state index contributed by atoms with van der Waals surface area (Å²) in [6.07, 6.45) is 8.50. The fraction of sp³-hybridized carbons (Fsp3) is 0.688. The van der Waals surface area contributed by atoms with Crippen molar-refractivity contribution in [3.05, 3.63) is 23.9 Å². The fourth-order valence-electron chi connectivity index (χ4n) is 2.93. The standard InChI is InChI=1S/C16H27N3/c1-4-15-8-6-5-7-11-19(15)16-12-14(9-10-18-16)13(2)17-3/h9-10,12-13,15,17H,4-8,11H2,1-3H3. The second-order valence-corrected chi connectivity index (χ2v) is 5.56. The van der Waals surface area contributed by atoms with Gasteiger partial charge in [-0.2, -0.15) is 0 Å². The molecule has 0 aromatic carbocycles. The molecule has 1 aliphatic heterocycles. The van der Waals surface area contributed by atoms with Gasteiger partial charge in [-0.05, 0) is 50.9 Å². The molecule has 0 radical (unpaired) electrons. The monoisotopic (exact) mass is 261 g/mol. The number of hydrogen-bond acceptors (Lipinski definition) is 3. The molecule has 2 heterocycles. The van der Waals surface area contributed by atoms with Crippen LogP contribution in [0.15, 0.2) is 18.3 Å². The fourth-order valence-corrected chi connectivity index (χ4v) is 2.93. The van der Waals surface area contributed by atoms with Crippen LogP contribution >= 0.6 is 0 Å². The van der Waals surface area contributed by atoms with Crippen molar-refractivity contribution in [3.8, 4) is 0 Å². The van der Waals surface area contributed by atoms with Crippen molar-refractivity contribution in [2.75, 3.05) is 18.5 Å². The predicted octanol–water partition coefficient (Wildman–Crippen LogP) is 3.52. The van der Waals surface area contributed by atoms with E-state index in [9.17, 15) is 0 Å². The van der Waals surface area contributed by atoms with Gasteiger partial charge in [0, 0.05) is 24.8 Å². The van der Waals surface area contributed by atoms with Gasteiger partial charge in [0.1, 0.15) is 5.82 Å². The molecule has 0 saturated carbocycles. The average molecular weight is 261 g/mol. The molecule has 2 unspecified atom stereocenters. The molecule has 3 heteroatoms. The highest BCUT2D eigenvalue weighted by atomic mass is 15.2. The Morgan fingerprint density at radius 3 is 3.00 bits per heavy atom. The van der Waals surface area contributed by atoms with E-state index in [1.54, 1.807) is 0 Å². The largest absolute Gasteiger partial charge is 0.354 e. The van der Waals surface area contributed by atoms with Gasteiger partial charge >= 0.3 is 0 Å². The van der Waals surface area contributed by atoms with Gasteiger partial charge in [-0.3, -0.25) is 0 Å². The molecule has 19 heavy (non-hydrogen) atoms. The molecular weight excluding hydrogens is 234 g/mol. The van der Waals surface area contributed by atoms with Gasteiger partial charge in [-0.25, -0.2) is 4.98 Å². The Kier molecular flexibility index (Phi) is 5.20. The Bertz CT molecular complexity index is 391. The number of rotatable bonds is 4. The van der Waals surface area contributed by atoms with E-state index in [2.05, 4.69) is 41.2 Å². The molecule has 1 fully saturated rings. The third kappa shape index (κ3) is 3.47. The molecule has 106 valence electrons. The second-order valence-electron chi connectivity index (χ2n) is 5.56. The summed E-state index contributed by atoms with van der Waals surface area (Å²) < 4.78 is 0. The van der Waals surface area contributed by atoms with Crippen LogP contribution in [0.5, 0.6) is 0 Å². The Labute approximate surface area is 117 Å². The van der Waals surface area contributed by atoms with E-state index in [-0.39, 0.29) is 0 Å². The summed E-state index contributed by atoms with van der Waals surface area (Å²) in [5.74, 6) is 1.16. The molecule has 0 spiro atoms. The molecular formula is C16H27N3.